The first-order valence-electron chi connectivity index (χ1n) is 4.41. The third-order valence-electron chi connectivity index (χ3n) is 2.32. The fourth-order valence-electron chi connectivity index (χ4n) is 1.64. The van der Waals surface area contributed by atoms with E-state index in [1.165, 1.54) is 0 Å². The molecule has 1 fully saturated rings. The van der Waals surface area contributed by atoms with Crippen molar-refractivity contribution in [3.8, 4) is 0 Å². The number of β-amino-alcohol motifs (C(OH)–C–C–N with tert-alkyl or cyclic N) is 1. The van der Waals surface area contributed by atoms with E-state index in [-0.39, 0.29) is 6.10 Å². The van der Waals surface area contributed by atoms with Crippen molar-refractivity contribution >= 4 is 11.5 Å². The van der Waals surface area contributed by atoms with E-state index in [1.807, 2.05) is 12.1 Å². The van der Waals surface area contributed by atoms with Crippen molar-refractivity contribution in [3.05, 3.63) is 18.3 Å². The topological polar surface area (TPSA) is 62.4 Å². The first-order valence-corrected chi connectivity index (χ1v) is 4.41. The van der Waals surface area contributed by atoms with E-state index >= 15 is 0 Å². The molecule has 1 aromatic rings. The maximum absolute atomic E-state index is 9.35. The van der Waals surface area contributed by atoms with Crippen molar-refractivity contribution < 1.29 is 5.11 Å². The lowest BCUT2D eigenvalue weighted by Crippen LogP contribution is -2.22. The van der Waals surface area contributed by atoms with Crippen LogP contribution in [0.25, 0.3) is 0 Å². The summed E-state index contributed by atoms with van der Waals surface area (Å²) >= 11 is 0. The van der Waals surface area contributed by atoms with Gasteiger partial charge in [0.2, 0.25) is 0 Å². The summed E-state index contributed by atoms with van der Waals surface area (Å²) in [5.41, 5.74) is 6.64. The summed E-state index contributed by atoms with van der Waals surface area (Å²) in [6.07, 6.45) is 2.26. The molecule has 4 nitrogen and oxygen atoms in total. The Balaban J connectivity index is 2.21. The molecule has 2 heterocycles. The number of nitrogens with zero attached hydrogens (tertiary/aromatic N) is 2. The third-order valence-corrected chi connectivity index (χ3v) is 2.32. The molecule has 0 amide bonds. The normalized spacial score (nSPS) is 22.2. The molecule has 0 bridgehead atoms. The first kappa shape index (κ1) is 8.31. The van der Waals surface area contributed by atoms with E-state index in [4.69, 9.17) is 5.73 Å². The van der Waals surface area contributed by atoms with Gasteiger partial charge in [-0.25, -0.2) is 4.98 Å². The summed E-state index contributed by atoms with van der Waals surface area (Å²) in [5.74, 6) is 0.539. The van der Waals surface area contributed by atoms with Gasteiger partial charge in [0.25, 0.3) is 0 Å². The molecule has 1 aliphatic heterocycles. The van der Waals surface area contributed by atoms with Crippen molar-refractivity contribution in [2.75, 3.05) is 23.7 Å². The number of nitrogens with two attached hydrogens (primary N) is 1. The molecule has 3 N–H and O–H groups in total. The molecule has 1 atom stereocenters. The van der Waals surface area contributed by atoms with Crippen LogP contribution in [-0.4, -0.2) is 29.3 Å². The van der Waals surface area contributed by atoms with Gasteiger partial charge in [-0.2, -0.15) is 0 Å². The smallest absolute Gasteiger partial charge is 0.146 e. The zero-order valence-corrected chi connectivity index (χ0v) is 7.35. The first-order chi connectivity index (χ1) is 6.27. The molecule has 1 saturated heterocycles. The molecule has 13 heavy (non-hydrogen) atoms. The van der Waals surface area contributed by atoms with E-state index in [9.17, 15) is 5.11 Å². The second kappa shape index (κ2) is 3.22. The zero-order valence-electron chi connectivity index (χ0n) is 7.35. The fraction of sp³-hybridized carbons (Fsp3) is 0.444. The van der Waals surface area contributed by atoms with Crippen LogP contribution >= 0.6 is 0 Å². The molecule has 70 valence electrons. The molecule has 1 aromatic heterocycles. The number of aliphatic hydroxyl groups is 1. The van der Waals surface area contributed by atoms with Crippen LogP contribution in [0.5, 0.6) is 0 Å². The zero-order chi connectivity index (χ0) is 9.26. The van der Waals surface area contributed by atoms with E-state index < -0.39 is 0 Å². The Morgan fingerprint density at radius 3 is 3.08 bits per heavy atom. The van der Waals surface area contributed by atoms with Gasteiger partial charge >= 0.3 is 0 Å². The van der Waals surface area contributed by atoms with Crippen LogP contribution in [0.4, 0.5) is 11.5 Å². The van der Waals surface area contributed by atoms with Gasteiger partial charge in [0.05, 0.1) is 11.8 Å². The predicted octanol–water partition coefficient (Wildman–Crippen LogP) is 0.235. The maximum Gasteiger partial charge on any atom is 0.146 e. The van der Waals surface area contributed by atoms with Gasteiger partial charge in [0, 0.05) is 19.3 Å². The molecule has 0 aliphatic carbocycles. The van der Waals surface area contributed by atoms with E-state index in [0.717, 1.165) is 18.7 Å². The predicted molar refractivity (Wildman–Crippen MR) is 51.5 cm³/mol. The van der Waals surface area contributed by atoms with Gasteiger partial charge < -0.3 is 15.7 Å². The maximum atomic E-state index is 9.35. The highest BCUT2D eigenvalue weighted by atomic mass is 16.3. The number of hydrogen-bond acceptors (Lipinski definition) is 4. The number of nitrogen functional groups attached to an aromatic ring is 1. The fourth-order valence-corrected chi connectivity index (χ4v) is 1.64. The lowest BCUT2D eigenvalue weighted by atomic mass is 10.3. The number of hydrogen-bond donors (Lipinski definition) is 2. The van der Waals surface area contributed by atoms with Gasteiger partial charge in [0.1, 0.15) is 5.82 Å². The van der Waals surface area contributed by atoms with Crippen LogP contribution in [0.2, 0.25) is 0 Å². The molecule has 0 spiro atoms. The average Bonchev–Trinajstić information content (AvgIpc) is 2.53. The van der Waals surface area contributed by atoms with Crippen LogP contribution < -0.4 is 10.6 Å². The molecule has 0 aromatic carbocycles. The van der Waals surface area contributed by atoms with Gasteiger partial charge in [-0.15, -0.1) is 0 Å². The van der Waals surface area contributed by atoms with Crippen molar-refractivity contribution in [1.82, 2.24) is 4.98 Å². The third kappa shape index (κ3) is 1.58. The summed E-state index contributed by atoms with van der Waals surface area (Å²) in [4.78, 5) is 6.07. The van der Waals surface area contributed by atoms with Crippen LogP contribution in [0.1, 0.15) is 6.42 Å². The lowest BCUT2D eigenvalue weighted by molar-refractivity contribution is 0.198. The Morgan fingerprint density at radius 2 is 2.46 bits per heavy atom. The number of anilines is 2. The van der Waals surface area contributed by atoms with Gasteiger partial charge in [0.15, 0.2) is 0 Å². The number of aromatic nitrogens is 1. The highest BCUT2D eigenvalue weighted by molar-refractivity contribution is 5.63. The second-order valence-electron chi connectivity index (χ2n) is 3.30. The monoisotopic (exact) mass is 179 g/mol. The largest absolute Gasteiger partial charge is 0.391 e. The number of pyridine rings is 1. The molecule has 4 heteroatoms. The Labute approximate surface area is 77.0 Å². The quantitative estimate of drug-likeness (QED) is 0.648. The number of rotatable bonds is 1. The van der Waals surface area contributed by atoms with Crippen LogP contribution in [-0.2, 0) is 0 Å². The Hall–Kier alpha value is -1.29. The summed E-state index contributed by atoms with van der Waals surface area (Å²) in [6, 6.07) is 3.79. The SMILES string of the molecule is Nc1ncccc1N1CCC(O)C1. The van der Waals surface area contributed by atoms with Crippen LogP contribution in [0.15, 0.2) is 18.3 Å². The molecule has 1 unspecified atom stereocenters. The molecule has 0 radical (unpaired) electrons. The van der Waals surface area contributed by atoms with Gasteiger partial charge in [-0.1, -0.05) is 0 Å². The van der Waals surface area contributed by atoms with Crippen LogP contribution in [0.3, 0.4) is 0 Å². The van der Waals surface area contributed by atoms with Crippen LogP contribution in [0, 0.1) is 0 Å². The molecule has 0 saturated carbocycles. The van der Waals surface area contributed by atoms with E-state index in [2.05, 4.69) is 9.88 Å². The number of aliphatic hydroxyl groups excluding tert-OH is 1. The van der Waals surface area contributed by atoms with E-state index in [1.54, 1.807) is 6.20 Å². The minimum absolute atomic E-state index is 0.223. The summed E-state index contributed by atoms with van der Waals surface area (Å²) in [5, 5.41) is 9.35. The summed E-state index contributed by atoms with van der Waals surface area (Å²) in [6.45, 7) is 1.52. The Bertz CT molecular complexity index is 303. The highest BCUT2D eigenvalue weighted by Crippen LogP contribution is 2.24. The standard InChI is InChI=1S/C9H13N3O/c10-9-8(2-1-4-11-9)12-5-3-7(13)6-12/h1-2,4,7,13H,3,5-6H2,(H2,10,11). The van der Waals surface area contributed by atoms with Crippen molar-refractivity contribution in [2.24, 2.45) is 0 Å². The Kier molecular flexibility index (Phi) is 2.06. The minimum atomic E-state index is -0.223. The van der Waals surface area contributed by atoms with Crippen molar-refractivity contribution in [2.45, 2.75) is 12.5 Å². The van der Waals surface area contributed by atoms with E-state index in [0.29, 0.717) is 12.4 Å². The summed E-state index contributed by atoms with van der Waals surface area (Å²) in [7, 11) is 0. The average molecular weight is 179 g/mol. The molecule has 1 aliphatic rings. The van der Waals surface area contributed by atoms with Crippen molar-refractivity contribution in [1.29, 1.82) is 0 Å². The molecular weight excluding hydrogens is 166 g/mol. The Morgan fingerprint density at radius 1 is 1.62 bits per heavy atom. The van der Waals surface area contributed by atoms with Gasteiger partial charge in [-0.3, -0.25) is 0 Å². The van der Waals surface area contributed by atoms with Gasteiger partial charge in [-0.05, 0) is 18.6 Å². The minimum Gasteiger partial charge on any atom is -0.391 e. The molecular formula is C9H13N3O. The second-order valence-corrected chi connectivity index (χ2v) is 3.30. The van der Waals surface area contributed by atoms with Crippen molar-refractivity contribution in [3.63, 3.8) is 0 Å². The highest BCUT2D eigenvalue weighted by Gasteiger charge is 2.21. The summed E-state index contributed by atoms with van der Waals surface area (Å²) < 4.78 is 0. The lowest BCUT2D eigenvalue weighted by Gasteiger charge is -2.18. The molecule has 2 rings (SSSR count).